The molecular formula is C18H27N5O3. The molecule has 1 aromatic rings. The van der Waals surface area contributed by atoms with Gasteiger partial charge in [0, 0.05) is 45.8 Å². The predicted molar refractivity (Wildman–Crippen MR) is 96.0 cm³/mol. The highest BCUT2D eigenvalue weighted by atomic mass is 16.2. The Bertz CT molecular complexity index is 687. The first kappa shape index (κ1) is 18.4. The molecule has 0 radical (unpaired) electrons. The quantitative estimate of drug-likeness (QED) is 0.720. The number of nitrogens with zero attached hydrogens (tertiary/aromatic N) is 5. The fraction of sp³-hybridized carbons (Fsp3) is 0.667. The molecule has 3 rings (SSSR count). The third-order valence-electron chi connectivity index (χ3n) is 5.31. The Balaban J connectivity index is 1.89. The topological polar surface area (TPSA) is 78.8 Å². The average molecular weight is 361 g/mol. The fourth-order valence-electron chi connectivity index (χ4n) is 3.71. The molecule has 0 saturated carbocycles. The van der Waals surface area contributed by atoms with Crippen LogP contribution in [0.4, 0.5) is 0 Å². The maximum atomic E-state index is 13.0. The Morgan fingerprint density at radius 2 is 1.77 bits per heavy atom. The summed E-state index contributed by atoms with van der Waals surface area (Å²) in [5.74, 6) is 0.154. The highest BCUT2D eigenvalue weighted by Gasteiger charge is 2.32. The summed E-state index contributed by atoms with van der Waals surface area (Å²) in [6.45, 7) is 7.94. The van der Waals surface area contributed by atoms with E-state index in [9.17, 15) is 14.4 Å². The highest BCUT2D eigenvalue weighted by Crippen LogP contribution is 2.23. The second-order valence-electron chi connectivity index (χ2n) is 6.75. The number of hydrogen-bond acceptors (Lipinski definition) is 4. The van der Waals surface area contributed by atoms with Gasteiger partial charge in [-0.3, -0.25) is 14.4 Å². The van der Waals surface area contributed by atoms with Gasteiger partial charge in [-0.2, -0.15) is 0 Å². The minimum absolute atomic E-state index is 0.108. The predicted octanol–water partition coefficient (Wildman–Crippen LogP) is 0.616. The minimum atomic E-state index is -0.125. The van der Waals surface area contributed by atoms with E-state index >= 15 is 0 Å². The molecule has 2 aliphatic rings. The summed E-state index contributed by atoms with van der Waals surface area (Å²) in [4.78, 5) is 46.4. The zero-order valence-electron chi connectivity index (χ0n) is 15.6. The van der Waals surface area contributed by atoms with E-state index in [1.54, 1.807) is 14.7 Å². The van der Waals surface area contributed by atoms with Gasteiger partial charge in [-0.05, 0) is 33.1 Å². The summed E-state index contributed by atoms with van der Waals surface area (Å²) in [6.07, 6.45) is 3.59. The number of fused-ring (bicyclic) bond motifs is 1. The third kappa shape index (κ3) is 3.32. The molecule has 8 nitrogen and oxygen atoms in total. The maximum absolute atomic E-state index is 13.0. The number of piperazine rings is 1. The number of carbonyl (C=O) groups is 3. The number of hydrogen-bond donors (Lipinski definition) is 0. The molecule has 2 aliphatic heterocycles. The molecule has 142 valence electrons. The van der Waals surface area contributed by atoms with Gasteiger partial charge in [0.25, 0.3) is 11.8 Å². The molecule has 0 spiro atoms. The Morgan fingerprint density at radius 3 is 2.38 bits per heavy atom. The Hall–Kier alpha value is -2.38. The van der Waals surface area contributed by atoms with Gasteiger partial charge in [-0.15, -0.1) is 0 Å². The van der Waals surface area contributed by atoms with E-state index in [4.69, 9.17) is 0 Å². The van der Waals surface area contributed by atoms with Gasteiger partial charge in [0.1, 0.15) is 5.69 Å². The smallest absolute Gasteiger partial charge is 0.289 e. The molecule has 1 saturated heterocycles. The summed E-state index contributed by atoms with van der Waals surface area (Å²) in [5, 5.41) is 0. The van der Waals surface area contributed by atoms with Gasteiger partial charge in [-0.25, -0.2) is 4.98 Å². The van der Waals surface area contributed by atoms with Gasteiger partial charge in [0.15, 0.2) is 5.82 Å². The summed E-state index contributed by atoms with van der Waals surface area (Å²) in [7, 11) is 0. The number of imidazole rings is 1. The molecule has 0 aliphatic carbocycles. The second-order valence-corrected chi connectivity index (χ2v) is 6.75. The third-order valence-corrected chi connectivity index (χ3v) is 5.31. The van der Waals surface area contributed by atoms with Crippen molar-refractivity contribution in [1.29, 1.82) is 0 Å². The van der Waals surface area contributed by atoms with Crippen molar-refractivity contribution in [3.05, 3.63) is 17.2 Å². The molecule has 0 bridgehead atoms. The Morgan fingerprint density at radius 1 is 1.08 bits per heavy atom. The largest absolute Gasteiger partial charge is 0.342 e. The number of carbonyl (C=O) groups excluding carboxylic acids is 3. The van der Waals surface area contributed by atoms with Crippen LogP contribution in [0.2, 0.25) is 0 Å². The summed E-state index contributed by atoms with van der Waals surface area (Å²) in [5.41, 5.74) is 1.30. The van der Waals surface area contributed by atoms with Crippen molar-refractivity contribution in [1.82, 2.24) is 24.3 Å². The lowest BCUT2D eigenvalue weighted by molar-refractivity contribution is -0.119. The van der Waals surface area contributed by atoms with Crippen LogP contribution in [0.25, 0.3) is 0 Å². The maximum Gasteiger partial charge on any atom is 0.289 e. The standard InChI is InChI=1S/C18H27N5O3/c1-3-21(4-2)18(26)16-19-15(14-7-5-6-8-23(14)16)17(25)22-11-9-20(13-24)10-12-22/h13H,3-12H2,1-2H3. The molecule has 0 aromatic carbocycles. The minimum Gasteiger partial charge on any atom is -0.342 e. The average Bonchev–Trinajstić information content (AvgIpc) is 3.08. The molecule has 0 N–H and O–H groups in total. The van der Waals surface area contributed by atoms with Gasteiger partial charge >= 0.3 is 0 Å². The fourth-order valence-corrected chi connectivity index (χ4v) is 3.71. The van der Waals surface area contributed by atoms with Crippen molar-refractivity contribution in [2.75, 3.05) is 39.3 Å². The molecule has 8 heteroatoms. The van der Waals surface area contributed by atoms with Crippen LogP contribution in [0.15, 0.2) is 0 Å². The first-order valence-electron chi connectivity index (χ1n) is 9.48. The van der Waals surface area contributed by atoms with Crippen molar-refractivity contribution in [2.24, 2.45) is 0 Å². The van der Waals surface area contributed by atoms with Gasteiger partial charge < -0.3 is 19.3 Å². The summed E-state index contributed by atoms with van der Waals surface area (Å²) < 4.78 is 1.94. The van der Waals surface area contributed by atoms with E-state index in [1.807, 2.05) is 18.4 Å². The second kappa shape index (κ2) is 7.88. The summed E-state index contributed by atoms with van der Waals surface area (Å²) >= 11 is 0. The van der Waals surface area contributed by atoms with E-state index in [2.05, 4.69) is 4.98 Å². The van der Waals surface area contributed by atoms with Crippen molar-refractivity contribution in [3.63, 3.8) is 0 Å². The first-order valence-corrected chi connectivity index (χ1v) is 9.48. The Kier molecular flexibility index (Phi) is 5.58. The van der Waals surface area contributed by atoms with E-state index in [1.165, 1.54) is 0 Å². The lowest BCUT2D eigenvalue weighted by Gasteiger charge is -2.32. The number of rotatable bonds is 5. The van der Waals surface area contributed by atoms with Crippen molar-refractivity contribution in [3.8, 4) is 0 Å². The first-order chi connectivity index (χ1) is 12.6. The molecular weight excluding hydrogens is 334 g/mol. The lowest BCUT2D eigenvalue weighted by atomic mass is 10.1. The summed E-state index contributed by atoms with van der Waals surface area (Å²) in [6, 6.07) is 0. The zero-order valence-corrected chi connectivity index (χ0v) is 15.6. The Labute approximate surface area is 153 Å². The SMILES string of the molecule is CCN(CC)C(=O)c1nc(C(=O)N2CCN(C=O)CC2)c2n1CCCC2. The van der Waals surface area contributed by atoms with E-state index < -0.39 is 0 Å². The zero-order chi connectivity index (χ0) is 18.7. The van der Waals surface area contributed by atoms with Gasteiger partial charge in [0.2, 0.25) is 6.41 Å². The van der Waals surface area contributed by atoms with Gasteiger partial charge in [0.05, 0.1) is 5.69 Å². The van der Waals surface area contributed by atoms with E-state index in [0.29, 0.717) is 50.8 Å². The van der Waals surface area contributed by atoms with Crippen LogP contribution in [0, 0.1) is 0 Å². The monoisotopic (exact) mass is 361 g/mol. The van der Waals surface area contributed by atoms with Crippen molar-refractivity contribution >= 4 is 18.2 Å². The molecule has 0 atom stereocenters. The van der Waals surface area contributed by atoms with Crippen LogP contribution in [-0.2, 0) is 17.8 Å². The van der Waals surface area contributed by atoms with Crippen LogP contribution < -0.4 is 0 Å². The normalized spacial score (nSPS) is 17.0. The van der Waals surface area contributed by atoms with E-state index in [0.717, 1.165) is 37.9 Å². The van der Waals surface area contributed by atoms with Crippen LogP contribution >= 0.6 is 0 Å². The van der Waals surface area contributed by atoms with Crippen molar-refractivity contribution < 1.29 is 14.4 Å². The van der Waals surface area contributed by atoms with Crippen molar-refractivity contribution in [2.45, 2.75) is 39.7 Å². The van der Waals surface area contributed by atoms with Crippen LogP contribution in [0.1, 0.15) is 53.5 Å². The molecule has 1 fully saturated rings. The molecule has 3 amide bonds. The molecule has 1 aromatic heterocycles. The van der Waals surface area contributed by atoms with Crippen LogP contribution in [-0.4, -0.2) is 81.7 Å². The highest BCUT2D eigenvalue weighted by molar-refractivity contribution is 5.97. The molecule has 3 heterocycles. The molecule has 0 unspecified atom stereocenters. The lowest BCUT2D eigenvalue weighted by Crippen LogP contribution is -2.48. The van der Waals surface area contributed by atoms with Gasteiger partial charge in [-0.1, -0.05) is 0 Å². The molecule has 26 heavy (non-hydrogen) atoms. The number of amides is 3. The van der Waals surface area contributed by atoms with Crippen LogP contribution in [0.3, 0.4) is 0 Å². The number of aromatic nitrogens is 2. The van der Waals surface area contributed by atoms with Crippen LogP contribution in [0.5, 0.6) is 0 Å². The van der Waals surface area contributed by atoms with E-state index in [-0.39, 0.29) is 11.8 Å².